The minimum atomic E-state index is 0.869. The van der Waals surface area contributed by atoms with E-state index in [1.54, 1.807) is 0 Å². The summed E-state index contributed by atoms with van der Waals surface area (Å²) in [6, 6.07) is 97.1. The van der Waals surface area contributed by atoms with Gasteiger partial charge in [-0.25, -0.2) is 9.97 Å². The van der Waals surface area contributed by atoms with E-state index in [1.165, 1.54) is 81.2 Å². The summed E-state index contributed by atoms with van der Waals surface area (Å²) in [5, 5.41) is 14.4. The number of rotatable bonds is 7. The zero-order chi connectivity index (χ0) is 55.0. The Morgan fingerprint density at radius 1 is 0.238 bits per heavy atom. The third-order valence-corrected chi connectivity index (χ3v) is 17.5. The SMILES string of the molecule is c1ccc(-n2c3ccccc3c3ccc4cc5c6ccccc6n(-c6cc(-c7ccc(-c8ccc9c(c8)c8ccc%10cc%11c%12ccccc%12n(-c%12cccc(-c%13ccncc%13)n%12)c%11cc%10c8n9-c8ccccc8)cc7)ccn6)c5cc4c32)cc1. The smallest absolute Gasteiger partial charge is 0.138 e. The van der Waals surface area contributed by atoms with Gasteiger partial charge in [0.1, 0.15) is 11.6 Å². The molecule has 0 saturated carbocycles. The first-order valence-corrected chi connectivity index (χ1v) is 28.6. The summed E-state index contributed by atoms with van der Waals surface area (Å²) in [4.78, 5) is 14.7. The van der Waals surface area contributed by atoms with Crippen LogP contribution < -0.4 is 0 Å². The Balaban J connectivity index is 0.761. The molecule has 18 aromatic rings. The highest BCUT2D eigenvalue weighted by atomic mass is 15.1. The average molecular weight is 1070 g/mol. The predicted molar refractivity (Wildman–Crippen MR) is 349 cm³/mol. The van der Waals surface area contributed by atoms with Crippen molar-refractivity contribution in [2.24, 2.45) is 0 Å². The van der Waals surface area contributed by atoms with Crippen molar-refractivity contribution in [3.05, 3.63) is 286 Å². The van der Waals surface area contributed by atoms with Gasteiger partial charge in [0.2, 0.25) is 0 Å². The Hall–Kier alpha value is -11.4. The molecule has 0 spiro atoms. The lowest BCUT2D eigenvalue weighted by molar-refractivity contribution is 1.08. The fourth-order valence-electron chi connectivity index (χ4n) is 13.7. The zero-order valence-corrected chi connectivity index (χ0v) is 45.3. The van der Waals surface area contributed by atoms with Crippen LogP contribution in [0.25, 0.3) is 165 Å². The fourth-order valence-corrected chi connectivity index (χ4v) is 13.7. The van der Waals surface area contributed by atoms with Crippen LogP contribution in [-0.4, -0.2) is 33.2 Å². The summed E-state index contributed by atoms with van der Waals surface area (Å²) in [6.07, 6.45) is 5.60. The number of nitrogens with zero attached hydrogens (tertiary/aromatic N) is 7. The monoisotopic (exact) mass is 1070 g/mol. The maximum Gasteiger partial charge on any atom is 0.138 e. The summed E-state index contributed by atoms with van der Waals surface area (Å²) in [7, 11) is 0. The molecule has 390 valence electrons. The molecule has 0 radical (unpaired) electrons. The van der Waals surface area contributed by atoms with Crippen LogP contribution in [0.3, 0.4) is 0 Å². The van der Waals surface area contributed by atoms with Crippen LogP contribution >= 0.6 is 0 Å². The minimum Gasteiger partial charge on any atom is -0.309 e. The molecule has 0 N–H and O–H groups in total. The molecule has 7 aromatic heterocycles. The molecule has 84 heavy (non-hydrogen) atoms. The van der Waals surface area contributed by atoms with Gasteiger partial charge in [0, 0.05) is 89.4 Å². The van der Waals surface area contributed by atoms with Gasteiger partial charge in [-0.3, -0.25) is 14.1 Å². The summed E-state index contributed by atoms with van der Waals surface area (Å²) >= 11 is 0. The van der Waals surface area contributed by atoms with E-state index in [1.807, 2.05) is 30.7 Å². The van der Waals surface area contributed by atoms with Crippen molar-refractivity contribution in [2.45, 2.75) is 0 Å². The van der Waals surface area contributed by atoms with Crippen molar-refractivity contribution in [1.82, 2.24) is 33.2 Å². The van der Waals surface area contributed by atoms with Gasteiger partial charge < -0.3 is 9.13 Å². The van der Waals surface area contributed by atoms with Gasteiger partial charge in [0.25, 0.3) is 0 Å². The molecular weight excluding hydrogens is 1020 g/mol. The molecule has 7 nitrogen and oxygen atoms in total. The van der Waals surface area contributed by atoms with Crippen molar-refractivity contribution in [2.75, 3.05) is 0 Å². The van der Waals surface area contributed by atoms with E-state index in [0.717, 1.165) is 84.1 Å². The van der Waals surface area contributed by atoms with E-state index in [4.69, 9.17) is 9.97 Å². The first-order chi connectivity index (χ1) is 41.7. The summed E-state index contributed by atoms with van der Waals surface area (Å²) in [5.41, 5.74) is 17.9. The van der Waals surface area contributed by atoms with Crippen LogP contribution in [-0.2, 0) is 0 Å². The molecule has 0 aliphatic rings. The van der Waals surface area contributed by atoms with Gasteiger partial charge in [0.15, 0.2) is 0 Å². The number of benzene rings is 11. The van der Waals surface area contributed by atoms with Gasteiger partial charge in [-0.15, -0.1) is 0 Å². The topological polar surface area (TPSA) is 58.4 Å². The first-order valence-electron chi connectivity index (χ1n) is 28.6. The van der Waals surface area contributed by atoms with Crippen molar-refractivity contribution >= 4 is 109 Å². The van der Waals surface area contributed by atoms with Crippen LogP contribution in [0, 0.1) is 0 Å². The predicted octanol–water partition coefficient (Wildman–Crippen LogP) is 19.6. The lowest BCUT2D eigenvalue weighted by Crippen LogP contribution is -1.99. The van der Waals surface area contributed by atoms with E-state index in [2.05, 4.69) is 278 Å². The van der Waals surface area contributed by atoms with E-state index < -0.39 is 0 Å². The molecule has 0 aliphatic heterocycles. The largest absolute Gasteiger partial charge is 0.309 e. The highest BCUT2D eigenvalue weighted by Gasteiger charge is 2.22. The molecule has 0 amide bonds. The Kier molecular flexibility index (Phi) is 9.96. The normalized spacial score (nSPS) is 12.0. The van der Waals surface area contributed by atoms with Crippen LogP contribution in [0.1, 0.15) is 0 Å². The van der Waals surface area contributed by atoms with Gasteiger partial charge in [-0.05, 0) is 148 Å². The highest BCUT2D eigenvalue weighted by molar-refractivity contribution is 6.24. The maximum atomic E-state index is 5.28. The standard InChI is InChI=1S/C77H47N7/c1-3-14-55(15-4-1)81-68-22-10-7-18-57(68)60-33-30-53-44-65-59-20-9-12-24-70(59)84(73(65)47-62(53)76(60)81)75-45-52(38-41-79-75)49-28-26-48(27-29-49)51-32-35-71-66(42-51)61-34-31-54-43-64-58-19-8-11-23-69(58)83(74-25-13-21-67(80-74)50-36-39-78-40-37-50)72(64)46-63(54)77(61)82(71)56-16-5-2-6-17-56/h1-47H. The Bertz CT molecular complexity index is 5710. The third kappa shape index (κ3) is 6.90. The first kappa shape index (κ1) is 46.4. The van der Waals surface area contributed by atoms with Crippen LogP contribution in [0.15, 0.2) is 286 Å². The Labute approximate surface area is 481 Å². The number of pyridine rings is 3. The van der Waals surface area contributed by atoms with Gasteiger partial charge >= 0.3 is 0 Å². The number of fused-ring (bicyclic) bond motifs is 16. The molecular formula is C77H47N7. The average Bonchev–Trinajstić information content (AvgIpc) is 1.82. The minimum absolute atomic E-state index is 0.869. The maximum absolute atomic E-state index is 5.28. The van der Waals surface area contributed by atoms with Gasteiger partial charge in [-0.1, -0.05) is 152 Å². The second-order valence-corrected chi connectivity index (χ2v) is 22.0. The molecule has 0 aliphatic carbocycles. The van der Waals surface area contributed by atoms with Crippen LogP contribution in [0.2, 0.25) is 0 Å². The molecule has 0 fully saturated rings. The summed E-state index contributed by atoms with van der Waals surface area (Å²) in [6.45, 7) is 0. The zero-order valence-electron chi connectivity index (χ0n) is 45.3. The van der Waals surface area contributed by atoms with Crippen molar-refractivity contribution in [1.29, 1.82) is 0 Å². The molecule has 7 heterocycles. The third-order valence-electron chi connectivity index (χ3n) is 17.5. The molecule has 18 rings (SSSR count). The quantitative estimate of drug-likeness (QED) is 0.160. The van der Waals surface area contributed by atoms with Gasteiger partial charge in [0.05, 0.1) is 49.8 Å². The lowest BCUT2D eigenvalue weighted by Gasteiger charge is -2.12. The second kappa shape index (κ2) is 18.0. The fraction of sp³-hybridized carbons (Fsp3) is 0. The molecule has 0 atom stereocenters. The molecule has 0 saturated heterocycles. The Morgan fingerprint density at radius 3 is 1.30 bits per heavy atom. The summed E-state index contributed by atoms with van der Waals surface area (Å²) < 4.78 is 9.56. The van der Waals surface area contributed by atoms with E-state index in [-0.39, 0.29) is 0 Å². The number of para-hydroxylation sites is 5. The lowest BCUT2D eigenvalue weighted by atomic mass is 9.98. The number of aromatic nitrogens is 7. The van der Waals surface area contributed by atoms with Crippen molar-refractivity contribution in [3.8, 4) is 56.5 Å². The second-order valence-electron chi connectivity index (χ2n) is 22.0. The van der Waals surface area contributed by atoms with Crippen LogP contribution in [0.5, 0.6) is 0 Å². The summed E-state index contributed by atoms with van der Waals surface area (Å²) in [5.74, 6) is 1.74. The van der Waals surface area contributed by atoms with Crippen molar-refractivity contribution in [3.63, 3.8) is 0 Å². The molecule has 0 unspecified atom stereocenters. The molecule has 0 bridgehead atoms. The highest BCUT2D eigenvalue weighted by Crippen LogP contribution is 2.44. The Morgan fingerprint density at radius 2 is 0.702 bits per heavy atom. The van der Waals surface area contributed by atoms with Crippen LogP contribution in [0.4, 0.5) is 0 Å². The van der Waals surface area contributed by atoms with E-state index >= 15 is 0 Å². The van der Waals surface area contributed by atoms with E-state index in [9.17, 15) is 0 Å². The number of hydrogen-bond acceptors (Lipinski definition) is 3. The molecule has 7 heteroatoms. The van der Waals surface area contributed by atoms with Crippen molar-refractivity contribution < 1.29 is 0 Å². The molecule has 11 aromatic carbocycles. The van der Waals surface area contributed by atoms with Gasteiger partial charge in [-0.2, -0.15) is 0 Å². The van der Waals surface area contributed by atoms with E-state index in [0.29, 0.717) is 0 Å². The number of hydrogen-bond donors (Lipinski definition) is 0.